The van der Waals surface area contributed by atoms with Crippen molar-refractivity contribution in [3.05, 3.63) is 65.2 Å². The number of nitrogens with one attached hydrogen (secondary N) is 1. The zero-order valence-electron chi connectivity index (χ0n) is 14.9. The van der Waals surface area contributed by atoms with E-state index in [0.717, 1.165) is 22.1 Å². The maximum atomic E-state index is 12.5. The lowest BCUT2D eigenvalue weighted by molar-refractivity contribution is -0.115. The Balaban J connectivity index is 1.83. The molecule has 0 unspecified atom stereocenters. The Kier molecular flexibility index (Phi) is 5.68. The first kappa shape index (κ1) is 18.1. The first-order chi connectivity index (χ1) is 12.6. The van der Waals surface area contributed by atoms with Crippen LogP contribution < -0.4 is 5.32 Å². The Morgan fingerprint density at radius 2 is 1.69 bits per heavy atom. The molecule has 1 N–H and O–H groups in total. The fourth-order valence-electron chi connectivity index (χ4n) is 2.79. The maximum absolute atomic E-state index is 12.5. The predicted octanol–water partition coefficient (Wildman–Crippen LogP) is 4.82. The van der Waals surface area contributed by atoms with E-state index in [-0.39, 0.29) is 12.3 Å². The van der Waals surface area contributed by atoms with E-state index in [1.54, 1.807) is 6.92 Å². The molecule has 1 amide bonds. The van der Waals surface area contributed by atoms with Gasteiger partial charge in [0.1, 0.15) is 10.6 Å². The number of carbonyl (C=O) groups is 2. The van der Waals surface area contributed by atoms with E-state index in [1.165, 1.54) is 16.9 Å². The minimum Gasteiger partial charge on any atom is -0.462 e. The third-order valence-corrected chi connectivity index (χ3v) is 5.21. The number of hydrogen-bond donors (Lipinski definition) is 1. The Bertz CT molecular complexity index is 928. The lowest BCUT2D eigenvalue weighted by Gasteiger charge is -2.07. The van der Waals surface area contributed by atoms with E-state index in [9.17, 15) is 9.59 Å². The standard InChI is InChI=1S/C21H21NO3S/c1-3-14-9-11-15(12-10-14)13-18(23)22-20-19(21(24)25-4-2)16-7-5-6-8-17(16)26-20/h5-12H,3-4,13H2,1-2H3,(H,22,23). The molecule has 4 nitrogen and oxygen atoms in total. The molecule has 0 spiro atoms. The third kappa shape index (κ3) is 3.94. The smallest absolute Gasteiger partial charge is 0.341 e. The van der Waals surface area contributed by atoms with E-state index in [1.807, 2.05) is 48.5 Å². The normalized spacial score (nSPS) is 10.7. The number of thiophene rings is 1. The van der Waals surface area contributed by atoms with Crippen LogP contribution in [0.1, 0.15) is 35.3 Å². The van der Waals surface area contributed by atoms with Crippen LogP contribution in [-0.2, 0) is 22.4 Å². The first-order valence-electron chi connectivity index (χ1n) is 8.68. The average Bonchev–Trinajstić information content (AvgIpc) is 3.00. The highest BCUT2D eigenvalue weighted by Crippen LogP contribution is 2.36. The summed E-state index contributed by atoms with van der Waals surface area (Å²) >= 11 is 1.39. The van der Waals surface area contributed by atoms with Gasteiger partial charge in [-0.15, -0.1) is 11.3 Å². The summed E-state index contributed by atoms with van der Waals surface area (Å²) in [6.07, 6.45) is 1.23. The second-order valence-electron chi connectivity index (χ2n) is 5.92. The summed E-state index contributed by atoms with van der Waals surface area (Å²) < 4.78 is 6.12. The monoisotopic (exact) mass is 367 g/mol. The van der Waals surface area contributed by atoms with Crippen molar-refractivity contribution < 1.29 is 14.3 Å². The summed E-state index contributed by atoms with van der Waals surface area (Å²) in [4.78, 5) is 24.9. The van der Waals surface area contributed by atoms with Crippen LogP contribution in [0, 0.1) is 0 Å². The molecule has 3 rings (SSSR count). The molecule has 1 aromatic heterocycles. The van der Waals surface area contributed by atoms with Crippen LogP contribution in [0.3, 0.4) is 0 Å². The van der Waals surface area contributed by atoms with Crippen molar-refractivity contribution in [2.75, 3.05) is 11.9 Å². The number of benzene rings is 2. The first-order valence-corrected chi connectivity index (χ1v) is 9.50. The summed E-state index contributed by atoms with van der Waals surface area (Å²) in [6, 6.07) is 15.6. The molecule has 5 heteroatoms. The molecular weight excluding hydrogens is 346 g/mol. The fourth-order valence-corrected chi connectivity index (χ4v) is 3.90. The van der Waals surface area contributed by atoms with Gasteiger partial charge in [-0.05, 0) is 30.5 Å². The topological polar surface area (TPSA) is 55.4 Å². The number of carbonyl (C=O) groups excluding carboxylic acids is 2. The Morgan fingerprint density at radius 3 is 2.38 bits per heavy atom. The molecule has 3 aromatic rings. The molecule has 0 radical (unpaired) electrons. The number of ether oxygens (including phenoxy) is 1. The van der Waals surface area contributed by atoms with Gasteiger partial charge in [-0.3, -0.25) is 4.79 Å². The molecule has 2 aromatic carbocycles. The van der Waals surface area contributed by atoms with Gasteiger partial charge in [0.05, 0.1) is 13.0 Å². The van der Waals surface area contributed by atoms with Gasteiger partial charge < -0.3 is 10.1 Å². The summed E-state index contributed by atoms with van der Waals surface area (Å²) in [5, 5.41) is 4.24. The maximum Gasteiger partial charge on any atom is 0.341 e. The number of esters is 1. The van der Waals surface area contributed by atoms with E-state index in [4.69, 9.17) is 4.74 Å². The third-order valence-electron chi connectivity index (χ3n) is 4.12. The van der Waals surface area contributed by atoms with Crippen LogP contribution >= 0.6 is 11.3 Å². The highest BCUT2D eigenvalue weighted by atomic mass is 32.1. The van der Waals surface area contributed by atoms with Gasteiger partial charge >= 0.3 is 5.97 Å². The number of fused-ring (bicyclic) bond motifs is 1. The quantitative estimate of drug-likeness (QED) is 0.636. The molecule has 134 valence electrons. The Morgan fingerprint density at radius 1 is 1.00 bits per heavy atom. The van der Waals surface area contributed by atoms with Gasteiger partial charge in [-0.2, -0.15) is 0 Å². The van der Waals surface area contributed by atoms with Gasteiger partial charge in [0.2, 0.25) is 5.91 Å². The second-order valence-corrected chi connectivity index (χ2v) is 6.97. The molecule has 0 atom stereocenters. The lowest BCUT2D eigenvalue weighted by Crippen LogP contribution is -2.16. The van der Waals surface area contributed by atoms with Crippen molar-refractivity contribution >= 4 is 38.3 Å². The highest BCUT2D eigenvalue weighted by molar-refractivity contribution is 7.23. The number of anilines is 1. The van der Waals surface area contributed by atoms with Crippen LogP contribution in [0.4, 0.5) is 5.00 Å². The Labute approximate surface area is 156 Å². The molecule has 0 aliphatic carbocycles. The average molecular weight is 367 g/mol. The van der Waals surface area contributed by atoms with Crippen LogP contribution in [0.5, 0.6) is 0 Å². The molecule has 0 aliphatic rings. The van der Waals surface area contributed by atoms with Gasteiger partial charge in [-0.1, -0.05) is 49.4 Å². The number of rotatable bonds is 6. The second kappa shape index (κ2) is 8.15. The molecule has 0 aliphatic heterocycles. The van der Waals surface area contributed by atoms with Crippen molar-refractivity contribution in [1.29, 1.82) is 0 Å². The van der Waals surface area contributed by atoms with Crippen molar-refractivity contribution in [2.24, 2.45) is 0 Å². The van der Waals surface area contributed by atoms with Gasteiger partial charge in [-0.25, -0.2) is 4.79 Å². The van der Waals surface area contributed by atoms with E-state index in [2.05, 4.69) is 12.2 Å². The van der Waals surface area contributed by atoms with Crippen LogP contribution in [-0.4, -0.2) is 18.5 Å². The van der Waals surface area contributed by atoms with Crippen molar-refractivity contribution in [3.63, 3.8) is 0 Å². The van der Waals surface area contributed by atoms with Crippen molar-refractivity contribution in [2.45, 2.75) is 26.7 Å². The molecular formula is C21H21NO3S. The highest BCUT2D eigenvalue weighted by Gasteiger charge is 2.21. The molecule has 0 bridgehead atoms. The minimum absolute atomic E-state index is 0.147. The predicted molar refractivity (Wildman–Crippen MR) is 106 cm³/mol. The van der Waals surface area contributed by atoms with Crippen molar-refractivity contribution in [3.8, 4) is 0 Å². The largest absolute Gasteiger partial charge is 0.462 e. The van der Waals surface area contributed by atoms with E-state index in [0.29, 0.717) is 17.2 Å². The number of aryl methyl sites for hydroxylation is 1. The molecule has 26 heavy (non-hydrogen) atoms. The lowest BCUT2D eigenvalue weighted by atomic mass is 10.1. The molecule has 0 saturated heterocycles. The molecule has 0 fully saturated rings. The van der Waals surface area contributed by atoms with E-state index >= 15 is 0 Å². The number of hydrogen-bond acceptors (Lipinski definition) is 4. The minimum atomic E-state index is -0.410. The van der Waals surface area contributed by atoms with Crippen LogP contribution in [0.2, 0.25) is 0 Å². The molecule has 1 heterocycles. The summed E-state index contributed by atoms with van der Waals surface area (Å²) in [5.74, 6) is -0.557. The van der Waals surface area contributed by atoms with Crippen molar-refractivity contribution in [1.82, 2.24) is 0 Å². The summed E-state index contributed by atoms with van der Waals surface area (Å²) in [7, 11) is 0. The molecule has 0 saturated carbocycles. The zero-order chi connectivity index (χ0) is 18.5. The van der Waals surface area contributed by atoms with Gasteiger partial charge in [0.15, 0.2) is 0 Å². The van der Waals surface area contributed by atoms with Gasteiger partial charge in [0.25, 0.3) is 0 Å². The Hall–Kier alpha value is -2.66. The number of amides is 1. The van der Waals surface area contributed by atoms with E-state index < -0.39 is 5.97 Å². The summed E-state index contributed by atoms with van der Waals surface area (Å²) in [6.45, 7) is 4.16. The summed E-state index contributed by atoms with van der Waals surface area (Å²) in [5.41, 5.74) is 2.61. The van der Waals surface area contributed by atoms with Gasteiger partial charge in [0, 0.05) is 10.1 Å². The zero-order valence-corrected chi connectivity index (χ0v) is 15.7. The van der Waals surface area contributed by atoms with Crippen LogP contribution in [0.25, 0.3) is 10.1 Å². The fraction of sp³-hybridized carbons (Fsp3) is 0.238. The SMILES string of the molecule is CCOC(=O)c1c(NC(=O)Cc2ccc(CC)cc2)sc2ccccc12. The van der Waals surface area contributed by atoms with Crippen LogP contribution in [0.15, 0.2) is 48.5 Å².